The van der Waals surface area contributed by atoms with Crippen LogP contribution >= 0.6 is 0 Å². The molecule has 1 heterocycles. The molecule has 0 atom stereocenters. The molecule has 0 radical (unpaired) electrons. The van der Waals surface area contributed by atoms with Gasteiger partial charge in [-0.05, 0) is 23.3 Å². The van der Waals surface area contributed by atoms with Crippen LogP contribution in [0.4, 0.5) is 0 Å². The molecule has 1 aliphatic heterocycles. The second kappa shape index (κ2) is 7.13. The summed E-state index contributed by atoms with van der Waals surface area (Å²) in [5.41, 5.74) is 2.61. The van der Waals surface area contributed by atoms with Crippen LogP contribution in [0.3, 0.4) is 0 Å². The van der Waals surface area contributed by atoms with E-state index in [1.54, 1.807) is 19.1 Å². The molecule has 0 saturated heterocycles. The molecule has 0 aliphatic carbocycles. The summed E-state index contributed by atoms with van der Waals surface area (Å²) in [6.07, 6.45) is 0.0735. The van der Waals surface area contributed by atoms with Gasteiger partial charge in [-0.3, -0.25) is 4.79 Å². The lowest BCUT2D eigenvalue weighted by Crippen LogP contribution is -2.29. The van der Waals surface area contributed by atoms with E-state index in [1.165, 1.54) is 12.1 Å². The quantitative estimate of drug-likeness (QED) is 0.815. The molecular formula is C19H17NO5S. The minimum Gasteiger partial charge on any atom is -0.457 e. The van der Waals surface area contributed by atoms with E-state index in [0.29, 0.717) is 16.7 Å². The average Bonchev–Trinajstić information content (AvgIpc) is 3.03. The first kappa shape index (κ1) is 17.9. The fraction of sp³-hybridized carbons (Fsp3) is 0.158. The van der Waals surface area contributed by atoms with Crippen molar-refractivity contribution >= 4 is 33.0 Å². The van der Waals surface area contributed by atoms with Crippen molar-refractivity contribution in [2.75, 3.05) is 6.61 Å². The van der Waals surface area contributed by atoms with Gasteiger partial charge in [0.2, 0.25) is 5.91 Å². The largest absolute Gasteiger partial charge is 0.457 e. The normalized spacial score (nSPS) is 14.3. The second-order valence-electron chi connectivity index (χ2n) is 5.70. The van der Waals surface area contributed by atoms with Gasteiger partial charge in [0.15, 0.2) is 0 Å². The number of carbonyl (C=O) groups is 2. The molecule has 26 heavy (non-hydrogen) atoms. The molecule has 0 bridgehead atoms. The number of hydrogen-bond donors (Lipinski definition) is 1. The Hall–Kier alpha value is -2.93. The summed E-state index contributed by atoms with van der Waals surface area (Å²) in [4.78, 5) is 23.5. The highest BCUT2D eigenvalue weighted by atomic mass is 32.2. The second-order valence-corrected chi connectivity index (χ2v) is 7.38. The maximum atomic E-state index is 12.1. The molecule has 2 aromatic rings. The molecule has 2 aromatic carbocycles. The monoisotopic (exact) mass is 371 g/mol. The van der Waals surface area contributed by atoms with E-state index in [1.807, 2.05) is 35.1 Å². The zero-order valence-corrected chi connectivity index (χ0v) is 14.9. The average molecular weight is 371 g/mol. The number of rotatable bonds is 5. The van der Waals surface area contributed by atoms with Gasteiger partial charge in [-0.15, -0.1) is 0 Å². The first-order chi connectivity index (χ1) is 12.4. The fourth-order valence-electron chi connectivity index (χ4n) is 2.65. The highest BCUT2D eigenvalue weighted by Crippen LogP contribution is 2.33. The van der Waals surface area contributed by atoms with E-state index in [0.717, 1.165) is 5.56 Å². The minimum atomic E-state index is -3.90. The van der Waals surface area contributed by atoms with Crippen LogP contribution in [0.15, 0.2) is 59.5 Å². The molecule has 6 nitrogen and oxygen atoms in total. The van der Waals surface area contributed by atoms with Crippen molar-refractivity contribution < 1.29 is 22.7 Å². The number of esters is 1. The van der Waals surface area contributed by atoms with Crippen molar-refractivity contribution in [3.8, 4) is 0 Å². The van der Waals surface area contributed by atoms with Crippen molar-refractivity contribution in [3.05, 3.63) is 65.7 Å². The minimum absolute atomic E-state index is 0.0184. The third kappa shape index (κ3) is 3.52. The van der Waals surface area contributed by atoms with E-state index in [2.05, 4.69) is 0 Å². The topological polar surface area (TPSA) is 89.5 Å². The van der Waals surface area contributed by atoms with E-state index in [-0.39, 0.29) is 17.9 Å². The van der Waals surface area contributed by atoms with Crippen molar-refractivity contribution in [2.24, 2.45) is 0 Å². The van der Waals surface area contributed by atoms with Gasteiger partial charge in [0.25, 0.3) is 10.0 Å². The number of benzene rings is 2. The van der Waals surface area contributed by atoms with Crippen molar-refractivity contribution in [3.63, 3.8) is 0 Å². The third-order valence-electron chi connectivity index (χ3n) is 4.00. The summed E-state index contributed by atoms with van der Waals surface area (Å²) in [5, 5.41) is 0. The van der Waals surface area contributed by atoms with Crippen molar-refractivity contribution in [1.82, 2.24) is 4.72 Å². The number of hydrogen-bond acceptors (Lipinski definition) is 5. The Bertz CT molecular complexity index is 976. The van der Waals surface area contributed by atoms with Gasteiger partial charge >= 0.3 is 5.97 Å². The van der Waals surface area contributed by atoms with Gasteiger partial charge in [-0.2, -0.15) is 0 Å². The molecule has 1 aliphatic rings. The van der Waals surface area contributed by atoms with E-state index >= 15 is 0 Å². The smallest absolute Gasteiger partial charge is 0.339 e. The summed E-state index contributed by atoms with van der Waals surface area (Å²) in [6.45, 7) is 1.70. The maximum Gasteiger partial charge on any atom is 0.339 e. The predicted octanol–water partition coefficient (Wildman–Crippen LogP) is 2.37. The summed E-state index contributed by atoms with van der Waals surface area (Å²) in [5.74, 6) is -0.976. The number of ether oxygens (including phenoxy) is 1. The maximum absolute atomic E-state index is 12.1. The first-order valence-corrected chi connectivity index (χ1v) is 9.52. The molecule has 1 N–H and O–H groups in total. The molecule has 3 rings (SSSR count). The molecule has 0 saturated carbocycles. The molecule has 0 aromatic heterocycles. The molecular weight excluding hydrogens is 354 g/mol. The van der Waals surface area contributed by atoms with E-state index < -0.39 is 21.9 Å². The molecule has 7 heteroatoms. The zero-order valence-electron chi connectivity index (χ0n) is 14.1. The van der Waals surface area contributed by atoms with Gasteiger partial charge in [0, 0.05) is 12.0 Å². The Morgan fingerprint density at radius 3 is 2.31 bits per heavy atom. The lowest BCUT2D eigenvalue weighted by Gasteiger charge is -2.08. The van der Waals surface area contributed by atoms with Gasteiger partial charge in [-0.25, -0.2) is 17.9 Å². The SMILES string of the molecule is CCC(=O)NS(=O)(=O)c1ccc(C2=C(c3ccccc3)C(=O)OC2)cc1. The summed E-state index contributed by atoms with van der Waals surface area (Å²) >= 11 is 0. The summed E-state index contributed by atoms with van der Waals surface area (Å²) < 4.78 is 31.5. The van der Waals surface area contributed by atoms with E-state index in [4.69, 9.17) is 4.74 Å². The van der Waals surface area contributed by atoms with Crippen molar-refractivity contribution in [2.45, 2.75) is 18.2 Å². The van der Waals surface area contributed by atoms with Crippen LogP contribution in [0.1, 0.15) is 24.5 Å². The number of sulfonamides is 1. The first-order valence-electron chi connectivity index (χ1n) is 8.04. The molecule has 1 amide bonds. The van der Waals surface area contributed by atoms with Gasteiger partial charge in [0.05, 0.1) is 10.5 Å². The summed E-state index contributed by atoms with van der Waals surface area (Å²) in [7, 11) is -3.90. The van der Waals surface area contributed by atoms with Crippen LogP contribution < -0.4 is 4.72 Å². The highest BCUT2D eigenvalue weighted by molar-refractivity contribution is 7.90. The third-order valence-corrected chi connectivity index (χ3v) is 5.39. The standard InChI is InChI=1S/C19H17NO5S/c1-2-17(21)20-26(23,24)15-10-8-13(9-11-15)16-12-25-19(22)18(16)14-6-4-3-5-7-14/h3-11H,2,12H2,1H3,(H,20,21). The van der Waals surface area contributed by atoms with Crippen LogP contribution in [0.5, 0.6) is 0 Å². The fourth-order valence-corrected chi connectivity index (χ4v) is 3.70. The van der Waals surface area contributed by atoms with Crippen LogP contribution in [0, 0.1) is 0 Å². The molecule has 134 valence electrons. The Balaban J connectivity index is 1.97. The zero-order chi connectivity index (χ0) is 18.7. The Kier molecular flexibility index (Phi) is 4.90. The lowest BCUT2D eigenvalue weighted by molar-refractivity contribution is -0.133. The molecule has 0 spiro atoms. The van der Waals surface area contributed by atoms with Gasteiger partial charge < -0.3 is 4.74 Å². The highest BCUT2D eigenvalue weighted by Gasteiger charge is 2.27. The summed E-state index contributed by atoms with van der Waals surface area (Å²) in [6, 6.07) is 15.2. The van der Waals surface area contributed by atoms with E-state index in [9.17, 15) is 18.0 Å². The van der Waals surface area contributed by atoms with Crippen LogP contribution in [-0.2, 0) is 24.3 Å². The van der Waals surface area contributed by atoms with Gasteiger partial charge in [0.1, 0.15) is 6.61 Å². The number of nitrogens with one attached hydrogen (secondary N) is 1. The van der Waals surface area contributed by atoms with Gasteiger partial charge in [-0.1, -0.05) is 49.4 Å². The Morgan fingerprint density at radius 1 is 1.04 bits per heavy atom. The van der Waals surface area contributed by atoms with Crippen LogP contribution in [-0.4, -0.2) is 26.9 Å². The lowest BCUT2D eigenvalue weighted by atomic mass is 9.97. The molecule has 0 fully saturated rings. The van der Waals surface area contributed by atoms with Crippen molar-refractivity contribution in [1.29, 1.82) is 0 Å². The Morgan fingerprint density at radius 2 is 1.69 bits per heavy atom. The van der Waals surface area contributed by atoms with Crippen LogP contribution in [0.2, 0.25) is 0 Å². The molecule has 0 unspecified atom stereocenters. The predicted molar refractivity (Wildman–Crippen MR) is 96.3 cm³/mol. The number of cyclic esters (lactones) is 1. The Labute approximate surface area is 151 Å². The van der Waals surface area contributed by atoms with Crippen LogP contribution in [0.25, 0.3) is 11.1 Å². The number of carbonyl (C=O) groups excluding carboxylic acids is 2. The number of amides is 1.